The van der Waals surface area contributed by atoms with Crippen LogP contribution < -0.4 is 0 Å². The largest absolute Gasteiger partial charge is 0.452 e. The highest BCUT2D eigenvalue weighted by Gasteiger charge is 2.41. The van der Waals surface area contributed by atoms with Crippen LogP contribution in [0.5, 0.6) is 0 Å². The quantitative estimate of drug-likeness (QED) is 0.282. The molecule has 1 fully saturated rings. The zero-order valence-electron chi connectivity index (χ0n) is 13.2. The van der Waals surface area contributed by atoms with E-state index in [0.717, 1.165) is 0 Å². The van der Waals surface area contributed by atoms with Crippen LogP contribution >= 0.6 is 34.8 Å². The second-order valence-electron chi connectivity index (χ2n) is 5.68. The maximum absolute atomic E-state index is 12.3. The molecule has 1 N–H and O–H groups in total. The Kier molecular flexibility index (Phi) is 6.42. The summed E-state index contributed by atoms with van der Waals surface area (Å²) in [6.45, 7) is 1.87. The van der Waals surface area contributed by atoms with E-state index in [9.17, 15) is 4.79 Å². The van der Waals surface area contributed by atoms with Crippen molar-refractivity contribution in [3.05, 3.63) is 35.9 Å². The smallest absolute Gasteiger partial charge is 0.338 e. The third-order valence-corrected chi connectivity index (χ3v) is 4.33. The number of carbonyl (C=O) groups is 1. The fourth-order valence-electron chi connectivity index (χ4n) is 2.27. The van der Waals surface area contributed by atoms with Crippen molar-refractivity contribution < 1.29 is 19.0 Å². The number of ether oxygens (including phenoxy) is 3. The molecule has 1 heterocycles. The molecule has 4 atom stereocenters. The first-order valence-corrected chi connectivity index (χ1v) is 8.55. The Morgan fingerprint density at radius 1 is 1.29 bits per heavy atom. The highest BCUT2D eigenvalue weighted by molar-refractivity contribution is 6.76. The van der Waals surface area contributed by atoms with Crippen LogP contribution in [0.4, 0.5) is 0 Å². The van der Waals surface area contributed by atoms with Gasteiger partial charge >= 0.3 is 5.97 Å². The molecule has 9 heteroatoms. The zero-order chi connectivity index (χ0) is 17.9. The number of nitrogens with one attached hydrogen (secondary N) is 1. The molecule has 0 radical (unpaired) electrons. The van der Waals surface area contributed by atoms with Crippen LogP contribution in [0.25, 0.3) is 0 Å². The van der Waals surface area contributed by atoms with Crippen molar-refractivity contribution in [1.29, 1.82) is 5.41 Å². The zero-order valence-corrected chi connectivity index (χ0v) is 15.4. The second kappa shape index (κ2) is 7.96. The Balaban J connectivity index is 2.11. The molecule has 24 heavy (non-hydrogen) atoms. The number of carbonyl (C=O) groups excluding carboxylic acids is 1. The number of hydrogen-bond acceptors (Lipinski definition) is 5. The van der Waals surface area contributed by atoms with Crippen LogP contribution in [-0.2, 0) is 14.2 Å². The number of hydrogen-bond donors (Lipinski definition) is 1. The topological polar surface area (TPSA) is 68.6 Å². The highest BCUT2D eigenvalue weighted by atomic mass is 35.6. The van der Waals surface area contributed by atoms with Gasteiger partial charge in [-0.05, 0) is 31.3 Å². The molecular weight excluding hydrogens is 375 g/mol. The lowest BCUT2D eigenvalue weighted by Crippen LogP contribution is -2.47. The Morgan fingerprint density at radius 3 is 2.50 bits per heavy atom. The average Bonchev–Trinajstić information content (AvgIpc) is 2.52. The minimum Gasteiger partial charge on any atom is -0.452 e. The minimum atomic E-state index is -2.01. The minimum absolute atomic E-state index is 0.139. The summed E-state index contributed by atoms with van der Waals surface area (Å²) >= 11 is 16.9. The number of benzene rings is 1. The fourth-order valence-corrected chi connectivity index (χ4v) is 2.41. The van der Waals surface area contributed by atoms with E-state index in [0.29, 0.717) is 12.0 Å². The van der Waals surface area contributed by atoms with E-state index in [-0.39, 0.29) is 11.9 Å². The third kappa shape index (κ3) is 5.02. The molecule has 1 aromatic carbocycles. The lowest BCUT2D eigenvalue weighted by molar-refractivity contribution is -0.203. The molecule has 0 unspecified atom stereocenters. The lowest BCUT2D eigenvalue weighted by atomic mass is 9.77. The predicted molar refractivity (Wildman–Crippen MR) is 96.0 cm³/mol. The number of esters is 1. The van der Waals surface area contributed by atoms with Crippen molar-refractivity contribution in [2.24, 2.45) is 0 Å². The summed E-state index contributed by atoms with van der Waals surface area (Å²) in [5.74, 6) is -0.944. The summed E-state index contributed by atoms with van der Waals surface area (Å²) in [5, 5.41) is 7.69. The predicted octanol–water partition coefficient (Wildman–Crippen LogP) is 3.13. The van der Waals surface area contributed by atoms with Crippen LogP contribution in [-0.4, -0.2) is 42.0 Å². The molecule has 5 nitrogen and oxygen atoms in total. The van der Waals surface area contributed by atoms with Gasteiger partial charge in [-0.15, -0.1) is 0 Å². The molecule has 1 aliphatic heterocycles. The van der Waals surface area contributed by atoms with Gasteiger partial charge in [-0.1, -0.05) is 53.0 Å². The van der Waals surface area contributed by atoms with Crippen LogP contribution in [0.2, 0.25) is 5.82 Å². The van der Waals surface area contributed by atoms with Crippen LogP contribution in [0.3, 0.4) is 0 Å². The molecule has 0 aliphatic carbocycles. The van der Waals surface area contributed by atoms with Crippen LogP contribution in [0.1, 0.15) is 23.7 Å². The molecule has 1 aromatic rings. The SMILES string of the molecule is B[C@@H]1C[C@@H](OC(=O)c2ccccc2)[C@H](OC(=N)C(Cl)(Cl)Cl)O[C@H]1C. The standard InChI is InChI=1S/C15H17BCl3NO4/c1-8-10(16)7-11(13(22-8)24-14(20)15(17,18)19)23-12(21)9-5-3-2-4-6-9/h2-6,8,10-11,13,20H,7,16H2,1H3/t8-,10+,11+,13-/m0/s1. The van der Waals surface area contributed by atoms with E-state index >= 15 is 0 Å². The first kappa shape index (κ1) is 19.4. The monoisotopic (exact) mass is 391 g/mol. The Hall–Kier alpha value is -0.945. The number of alkyl halides is 3. The van der Waals surface area contributed by atoms with Gasteiger partial charge in [0, 0.05) is 0 Å². The molecular formula is C15H17BCl3NO4. The lowest BCUT2D eigenvalue weighted by Gasteiger charge is -2.38. The van der Waals surface area contributed by atoms with Crippen molar-refractivity contribution in [3.63, 3.8) is 0 Å². The summed E-state index contributed by atoms with van der Waals surface area (Å²) in [7, 11) is 1.98. The Labute approximate surface area is 156 Å². The summed E-state index contributed by atoms with van der Waals surface area (Å²) in [6.07, 6.45) is -1.36. The number of rotatable bonds is 3. The van der Waals surface area contributed by atoms with Gasteiger partial charge < -0.3 is 14.2 Å². The normalized spacial score (nSPS) is 27.3. The highest BCUT2D eigenvalue weighted by Crippen LogP contribution is 2.34. The molecule has 0 bridgehead atoms. The molecule has 0 saturated carbocycles. The molecule has 130 valence electrons. The molecule has 0 amide bonds. The maximum atomic E-state index is 12.3. The summed E-state index contributed by atoms with van der Waals surface area (Å²) in [5.41, 5.74) is 0.416. The summed E-state index contributed by atoms with van der Waals surface area (Å²) in [4.78, 5) is 12.3. The van der Waals surface area contributed by atoms with Crippen LogP contribution in [0.15, 0.2) is 30.3 Å². The van der Waals surface area contributed by atoms with Gasteiger partial charge in [0.25, 0.3) is 3.79 Å². The molecule has 1 aliphatic rings. The Morgan fingerprint density at radius 2 is 1.92 bits per heavy atom. The summed E-state index contributed by atoms with van der Waals surface area (Å²) in [6, 6.07) is 8.59. The van der Waals surface area contributed by atoms with E-state index in [1.165, 1.54) is 0 Å². The van der Waals surface area contributed by atoms with E-state index in [1.807, 2.05) is 14.8 Å². The average molecular weight is 392 g/mol. The van der Waals surface area contributed by atoms with Gasteiger partial charge in [-0.3, -0.25) is 5.41 Å². The van der Waals surface area contributed by atoms with Crippen molar-refractivity contribution in [3.8, 4) is 0 Å². The maximum Gasteiger partial charge on any atom is 0.338 e. The summed E-state index contributed by atoms with van der Waals surface area (Å²) < 4.78 is 14.5. The first-order chi connectivity index (χ1) is 11.2. The fraction of sp³-hybridized carbons (Fsp3) is 0.467. The van der Waals surface area contributed by atoms with Crippen molar-refractivity contribution in [1.82, 2.24) is 0 Å². The van der Waals surface area contributed by atoms with Gasteiger partial charge in [0.2, 0.25) is 12.2 Å². The van der Waals surface area contributed by atoms with Crippen LogP contribution in [0, 0.1) is 5.41 Å². The van der Waals surface area contributed by atoms with E-state index in [1.54, 1.807) is 30.3 Å². The molecule has 0 spiro atoms. The Bertz CT molecular complexity index is 596. The molecule has 2 rings (SSSR count). The molecule has 1 saturated heterocycles. The second-order valence-corrected chi connectivity index (χ2v) is 7.96. The van der Waals surface area contributed by atoms with Gasteiger partial charge in [-0.25, -0.2) is 4.79 Å². The van der Waals surface area contributed by atoms with Gasteiger partial charge in [0.15, 0.2) is 6.10 Å². The van der Waals surface area contributed by atoms with Crippen molar-refractivity contribution >= 4 is 54.5 Å². The van der Waals surface area contributed by atoms with Gasteiger partial charge in [0.05, 0.1) is 11.7 Å². The molecule has 0 aromatic heterocycles. The van der Waals surface area contributed by atoms with Crippen molar-refractivity contribution in [2.45, 2.75) is 41.5 Å². The van der Waals surface area contributed by atoms with Gasteiger partial charge in [0.1, 0.15) is 7.85 Å². The number of halogens is 3. The van der Waals surface area contributed by atoms with E-state index in [2.05, 4.69) is 0 Å². The van der Waals surface area contributed by atoms with Crippen molar-refractivity contribution in [2.75, 3.05) is 0 Å². The van der Waals surface area contributed by atoms with Gasteiger partial charge in [-0.2, -0.15) is 0 Å². The van der Waals surface area contributed by atoms with E-state index in [4.69, 9.17) is 54.4 Å². The van der Waals surface area contributed by atoms with E-state index < -0.39 is 28.1 Å². The third-order valence-electron chi connectivity index (χ3n) is 3.82. The first-order valence-electron chi connectivity index (χ1n) is 7.42.